The van der Waals surface area contributed by atoms with Gasteiger partial charge >= 0.3 is 5.69 Å². The van der Waals surface area contributed by atoms with Crippen molar-refractivity contribution >= 4 is 11.6 Å². The Morgan fingerprint density at radius 3 is 2.93 bits per heavy atom. The van der Waals surface area contributed by atoms with Crippen LogP contribution in [0.3, 0.4) is 0 Å². The maximum Gasteiger partial charge on any atom is 0.328 e. The normalized spacial score (nSPS) is 10.5. The van der Waals surface area contributed by atoms with Gasteiger partial charge in [-0.25, -0.2) is 4.79 Å². The lowest BCUT2D eigenvalue weighted by atomic mass is 10.4. The molecule has 0 aromatic carbocycles. The van der Waals surface area contributed by atoms with E-state index in [-0.39, 0.29) is 5.02 Å². The molecule has 2 N–H and O–H groups in total. The third-order valence-corrected chi connectivity index (χ3v) is 2.24. The van der Waals surface area contributed by atoms with Crippen LogP contribution in [0.25, 0.3) is 0 Å². The van der Waals surface area contributed by atoms with Crippen LogP contribution < -0.4 is 16.6 Å². The van der Waals surface area contributed by atoms with Gasteiger partial charge in [0.1, 0.15) is 5.02 Å². The summed E-state index contributed by atoms with van der Waals surface area (Å²) in [5.41, 5.74) is -0.953. The molecule has 0 atom stereocenters. The van der Waals surface area contributed by atoms with Gasteiger partial charge < -0.3 is 5.32 Å². The predicted molar refractivity (Wildman–Crippen MR) is 59.5 cm³/mol. The van der Waals surface area contributed by atoms with Crippen molar-refractivity contribution in [3.63, 3.8) is 0 Å². The first-order chi connectivity index (χ1) is 7.15. The van der Waals surface area contributed by atoms with E-state index in [0.29, 0.717) is 6.54 Å². The minimum atomic E-state index is -0.537. The van der Waals surface area contributed by atoms with Gasteiger partial charge in [-0.1, -0.05) is 18.5 Å². The zero-order valence-corrected chi connectivity index (χ0v) is 9.30. The largest absolute Gasteiger partial charge is 0.328 e. The maximum atomic E-state index is 11.3. The van der Waals surface area contributed by atoms with Crippen molar-refractivity contribution in [3.8, 4) is 0 Å². The second-order valence-corrected chi connectivity index (χ2v) is 3.54. The van der Waals surface area contributed by atoms with Crippen LogP contribution in [-0.2, 0) is 6.54 Å². The van der Waals surface area contributed by atoms with E-state index >= 15 is 0 Å². The second kappa shape index (κ2) is 5.72. The highest BCUT2D eigenvalue weighted by molar-refractivity contribution is 6.30. The molecule has 0 saturated heterocycles. The molecule has 15 heavy (non-hydrogen) atoms. The summed E-state index contributed by atoms with van der Waals surface area (Å²) in [6.45, 7) is 4.30. The predicted octanol–water partition coefficient (Wildman–Crippen LogP) is 0.190. The van der Waals surface area contributed by atoms with Crippen molar-refractivity contribution in [3.05, 3.63) is 32.1 Å². The van der Waals surface area contributed by atoms with Crippen molar-refractivity contribution < 1.29 is 0 Å². The first-order valence-electron chi connectivity index (χ1n) is 4.85. The highest BCUT2D eigenvalue weighted by Crippen LogP contribution is 1.96. The number of rotatable bonds is 5. The van der Waals surface area contributed by atoms with E-state index in [9.17, 15) is 9.59 Å². The number of H-pyrrole nitrogens is 1. The standard InChI is InChI=1S/C9H14ClN3O2/c1-2-11-4-3-5-13-6-7(10)8(14)12-9(13)15/h6,11H,2-5H2,1H3,(H,12,14,15). The van der Waals surface area contributed by atoms with Gasteiger partial charge in [-0.3, -0.25) is 14.3 Å². The molecule has 0 radical (unpaired) electrons. The SMILES string of the molecule is CCNCCCn1cc(Cl)c(=O)[nH]c1=O. The average Bonchev–Trinajstić information content (AvgIpc) is 2.20. The Kier molecular flexibility index (Phi) is 4.58. The van der Waals surface area contributed by atoms with Crippen LogP contribution in [0.4, 0.5) is 0 Å². The number of aromatic amines is 1. The Hall–Kier alpha value is -1.07. The molecule has 0 bridgehead atoms. The lowest BCUT2D eigenvalue weighted by Gasteiger charge is -2.05. The first kappa shape index (κ1) is 12.0. The van der Waals surface area contributed by atoms with Gasteiger partial charge in [0.15, 0.2) is 0 Å². The van der Waals surface area contributed by atoms with Gasteiger partial charge in [-0.05, 0) is 19.5 Å². The number of nitrogens with zero attached hydrogens (tertiary/aromatic N) is 1. The molecule has 0 spiro atoms. The van der Waals surface area contributed by atoms with Crippen LogP contribution in [0.1, 0.15) is 13.3 Å². The zero-order valence-electron chi connectivity index (χ0n) is 8.55. The molecule has 0 amide bonds. The molecule has 1 rings (SSSR count). The van der Waals surface area contributed by atoms with E-state index in [2.05, 4.69) is 10.3 Å². The van der Waals surface area contributed by atoms with Crippen molar-refractivity contribution in [1.82, 2.24) is 14.9 Å². The van der Waals surface area contributed by atoms with Gasteiger partial charge in [0.05, 0.1) is 0 Å². The fraction of sp³-hybridized carbons (Fsp3) is 0.556. The Labute approximate surface area is 92.1 Å². The molecule has 0 aliphatic heterocycles. The summed E-state index contributed by atoms with van der Waals surface area (Å²) < 4.78 is 1.40. The quantitative estimate of drug-likeness (QED) is 0.711. The summed E-state index contributed by atoms with van der Waals surface area (Å²) in [5.74, 6) is 0. The Bertz CT molecular complexity index is 424. The number of hydrogen-bond donors (Lipinski definition) is 2. The molecular weight excluding hydrogens is 218 g/mol. The molecular formula is C9H14ClN3O2. The Morgan fingerprint density at radius 2 is 2.27 bits per heavy atom. The van der Waals surface area contributed by atoms with E-state index in [1.165, 1.54) is 10.8 Å². The molecule has 1 heterocycles. The fourth-order valence-electron chi connectivity index (χ4n) is 1.20. The molecule has 6 heteroatoms. The lowest BCUT2D eigenvalue weighted by Crippen LogP contribution is -2.30. The van der Waals surface area contributed by atoms with Gasteiger partial charge in [0.25, 0.3) is 5.56 Å². The van der Waals surface area contributed by atoms with E-state index in [0.717, 1.165) is 19.5 Å². The number of nitrogens with one attached hydrogen (secondary N) is 2. The molecule has 0 unspecified atom stereocenters. The number of halogens is 1. The van der Waals surface area contributed by atoms with E-state index < -0.39 is 11.2 Å². The third-order valence-electron chi connectivity index (χ3n) is 1.97. The van der Waals surface area contributed by atoms with Crippen molar-refractivity contribution in [2.45, 2.75) is 19.9 Å². The van der Waals surface area contributed by atoms with Crippen LogP contribution >= 0.6 is 11.6 Å². The minimum Gasteiger partial charge on any atom is -0.317 e. The zero-order chi connectivity index (χ0) is 11.3. The lowest BCUT2D eigenvalue weighted by molar-refractivity contribution is 0.569. The van der Waals surface area contributed by atoms with Crippen LogP contribution in [-0.4, -0.2) is 22.6 Å². The van der Waals surface area contributed by atoms with Crippen LogP contribution in [0.5, 0.6) is 0 Å². The molecule has 0 saturated carbocycles. The summed E-state index contributed by atoms with van der Waals surface area (Å²) >= 11 is 5.61. The van der Waals surface area contributed by atoms with Gasteiger partial charge in [-0.2, -0.15) is 0 Å². The molecule has 1 aromatic rings. The topological polar surface area (TPSA) is 66.9 Å². The second-order valence-electron chi connectivity index (χ2n) is 3.14. The highest BCUT2D eigenvalue weighted by Gasteiger charge is 2.01. The number of aryl methyl sites for hydroxylation is 1. The van der Waals surface area contributed by atoms with Gasteiger partial charge in [0, 0.05) is 12.7 Å². The molecule has 84 valence electrons. The molecule has 0 fully saturated rings. The van der Waals surface area contributed by atoms with E-state index in [1.807, 2.05) is 6.92 Å². The maximum absolute atomic E-state index is 11.3. The summed E-state index contributed by atoms with van der Waals surface area (Å²) in [4.78, 5) is 24.4. The fourth-order valence-corrected chi connectivity index (χ4v) is 1.37. The molecule has 1 aromatic heterocycles. The van der Waals surface area contributed by atoms with Crippen molar-refractivity contribution in [2.75, 3.05) is 13.1 Å². The Balaban J connectivity index is 2.66. The first-order valence-corrected chi connectivity index (χ1v) is 5.23. The summed E-state index contributed by atoms with van der Waals surface area (Å²) in [5, 5.41) is 3.18. The van der Waals surface area contributed by atoms with Crippen LogP contribution in [0.15, 0.2) is 15.8 Å². The van der Waals surface area contributed by atoms with Gasteiger partial charge in [-0.15, -0.1) is 0 Å². The van der Waals surface area contributed by atoms with Crippen molar-refractivity contribution in [1.29, 1.82) is 0 Å². The molecule has 0 aliphatic rings. The van der Waals surface area contributed by atoms with E-state index in [1.54, 1.807) is 0 Å². The minimum absolute atomic E-state index is 0.0399. The molecule has 5 nitrogen and oxygen atoms in total. The average molecular weight is 232 g/mol. The number of aromatic nitrogens is 2. The Morgan fingerprint density at radius 1 is 1.53 bits per heavy atom. The summed E-state index contributed by atoms with van der Waals surface area (Å²) in [6.07, 6.45) is 2.19. The van der Waals surface area contributed by atoms with Crippen LogP contribution in [0, 0.1) is 0 Å². The van der Waals surface area contributed by atoms with Crippen LogP contribution in [0.2, 0.25) is 5.02 Å². The summed E-state index contributed by atoms with van der Waals surface area (Å²) in [6, 6.07) is 0. The molecule has 0 aliphatic carbocycles. The van der Waals surface area contributed by atoms with Crippen molar-refractivity contribution in [2.24, 2.45) is 0 Å². The number of hydrogen-bond acceptors (Lipinski definition) is 3. The monoisotopic (exact) mass is 231 g/mol. The smallest absolute Gasteiger partial charge is 0.317 e. The summed E-state index contributed by atoms with van der Waals surface area (Å²) in [7, 11) is 0. The highest BCUT2D eigenvalue weighted by atomic mass is 35.5. The van der Waals surface area contributed by atoms with E-state index in [4.69, 9.17) is 11.6 Å². The van der Waals surface area contributed by atoms with Gasteiger partial charge in [0.2, 0.25) is 0 Å². The third kappa shape index (κ3) is 3.53.